The maximum Gasteiger partial charge on any atom is 0.472 e. The first-order valence-corrected chi connectivity index (χ1v) is 38.2. The van der Waals surface area contributed by atoms with Gasteiger partial charge in [-0.1, -0.05) is 265 Å². The van der Waals surface area contributed by atoms with Gasteiger partial charge in [-0.05, 0) is 69.1 Å². The number of phosphoric ester groups is 2. The van der Waals surface area contributed by atoms with Crippen molar-refractivity contribution in [1.82, 2.24) is 0 Å². The van der Waals surface area contributed by atoms with Crippen LogP contribution in [0.15, 0.2) is 24.3 Å². The van der Waals surface area contributed by atoms with Crippen molar-refractivity contribution in [3.63, 3.8) is 0 Å². The molecule has 0 saturated heterocycles. The first-order valence-electron chi connectivity index (χ1n) is 35.2. The Morgan fingerprint density at radius 2 is 0.670 bits per heavy atom. The van der Waals surface area contributed by atoms with Crippen LogP contribution in [0.3, 0.4) is 0 Å². The molecule has 0 amide bonds. The van der Waals surface area contributed by atoms with Crippen LogP contribution in [-0.4, -0.2) is 96.7 Å². The average Bonchev–Trinajstić information content (AvgIpc) is 3.63. The monoisotopic (exact) mass is 1290 g/mol. The summed E-state index contributed by atoms with van der Waals surface area (Å²) in [5.41, 5.74) is 0. The number of allylic oxidation sites excluding steroid dienone is 4. The fourth-order valence-corrected chi connectivity index (χ4v) is 11.3. The summed E-state index contributed by atoms with van der Waals surface area (Å²) in [5.74, 6) is 0.0386. The Balaban J connectivity index is 5.26. The van der Waals surface area contributed by atoms with Gasteiger partial charge in [-0.3, -0.25) is 37.3 Å². The number of phosphoric acid groups is 2. The largest absolute Gasteiger partial charge is 0.472 e. The lowest BCUT2D eigenvalue weighted by Crippen LogP contribution is -2.30. The number of rotatable bonds is 65. The highest BCUT2D eigenvalue weighted by atomic mass is 31.2. The third kappa shape index (κ3) is 59.8. The smallest absolute Gasteiger partial charge is 0.462 e. The van der Waals surface area contributed by atoms with Gasteiger partial charge in [0.25, 0.3) is 0 Å². The molecule has 0 aromatic heterocycles. The number of aliphatic hydroxyl groups excluding tert-OH is 1. The molecule has 0 spiro atoms. The third-order valence-electron chi connectivity index (χ3n) is 16.0. The molecule has 0 rings (SSSR count). The lowest BCUT2D eigenvalue weighted by Gasteiger charge is -2.21. The minimum Gasteiger partial charge on any atom is -0.462 e. The summed E-state index contributed by atoms with van der Waals surface area (Å²) < 4.78 is 68.1. The van der Waals surface area contributed by atoms with Crippen molar-refractivity contribution in [3.05, 3.63) is 24.3 Å². The van der Waals surface area contributed by atoms with E-state index in [1.54, 1.807) is 0 Å². The van der Waals surface area contributed by atoms with Crippen LogP contribution in [0, 0.1) is 17.8 Å². The summed E-state index contributed by atoms with van der Waals surface area (Å²) in [6, 6.07) is 0. The van der Waals surface area contributed by atoms with E-state index in [1.165, 1.54) is 109 Å². The highest BCUT2D eigenvalue weighted by Gasteiger charge is 2.30. The van der Waals surface area contributed by atoms with Crippen molar-refractivity contribution in [1.29, 1.82) is 0 Å². The highest BCUT2D eigenvalue weighted by Crippen LogP contribution is 2.45. The molecule has 0 radical (unpaired) electrons. The van der Waals surface area contributed by atoms with Crippen LogP contribution >= 0.6 is 15.6 Å². The van der Waals surface area contributed by atoms with E-state index in [1.807, 2.05) is 0 Å². The van der Waals surface area contributed by atoms with Crippen LogP contribution in [-0.2, 0) is 65.4 Å². The molecular formula is C69H130O17P2. The molecule has 0 bridgehead atoms. The molecule has 0 heterocycles. The summed E-state index contributed by atoms with van der Waals surface area (Å²) in [6.07, 6.45) is 45.4. The molecule has 88 heavy (non-hydrogen) atoms. The number of carbonyl (C=O) groups is 4. The summed E-state index contributed by atoms with van der Waals surface area (Å²) in [4.78, 5) is 72.4. The maximum absolute atomic E-state index is 13.0. The predicted octanol–water partition coefficient (Wildman–Crippen LogP) is 19.0. The minimum absolute atomic E-state index is 0.0835. The van der Waals surface area contributed by atoms with Crippen LogP contribution in [0.1, 0.15) is 318 Å². The van der Waals surface area contributed by atoms with Crippen LogP contribution < -0.4 is 0 Å². The molecule has 7 atom stereocenters. The lowest BCUT2D eigenvalue weighted by atomic mass is 9.99. The topological polar surface area (TPSA) is 237 Å². The van der Waals surface area contributed by atoms with Gasteiger partial charge in [0, 0.05) is 25.7 Å². The van der Waals surface area contributed by atoms with E-state index in [4.69, 9.17) is 37.0 Å². The fourth-order valence-electron chi connectivity index (χ4n) is 9.76. The average molecular weight is 1290 g/mol. The number of esters is 4. The molecule has 0 aliphatic heterocycles. The quantitative estimate of drug-likeness (QED) is 0.0169. The zero-order valence-corrected chi connectivity index (χ0v) is 58.5. The molecule has 0 aliphatic rings. The Labute approximate surface area is 535 Å². The van der Waals surface area contributed by atoms with Crippen molar-refractivity contribution < 1.29 is 80.2 Å². The molecule has 4 unspecified atom stereocenters. The number of hydrogen-bond donors (Lipinski definition) is 3. The molecule has 0 aliphatic carbocycles. The second kappa shape index (κ2) is 59.5. The molecule has 0 aromatic carbocycles. The number of aliphatic hydroxyl groups is 1. The summed E-state index contributed by atoms with van der Waals surface area (Å²) >= 11 is 0. The normalized spacial score (nSPS) is 15.0. The number of ether oxygens (including phenoxy) is 4. The van der Waals surface area contributed by atoms with E-state index in [0.717, 1.165) is 121 Å². The molecule has 19 heteroatoms. The van der Waals surface area contributed by atoms with Crippen LogP contribution in [0.5, 0.6) is 0 Å². The number of carbonyl (C=O) groups excluding carboxylic acids is 4. The summed E-state index contributed by atoms with van der Waals surface area (Å²) in [5, 5.41) is 10.6. The van der Waals surface area contributed by atoms with E-state index in [9.17, 15) is 43.2 Å². The lowest BCUT2D eigenvalue weighted by molar-refractivity contribution is -0.161. The van der Waals surface area contributed by atoms with Gasteiger partial charge in [0.15, 0.2) is 12.2 Å². The molecule has 17 nitrogen and oxygen atoms in total. The van der Waals surface area contributed by atoms with Gasteiger partial charge in [0.1, 0.15) is 19.3 Å². The van der Waals surface area contributed by atoms with E-state index in [2.05, 4.69) is 72.8 Å². The van der Waals surface area contributed by atoms with Crippen LogP contribution in [0.2, 0.25) is 0 Å². The van der Waals surface area contributed by atoms with Crippen molar-refractivity contribution in [2.75, 3.05) is 39.6 Å². The van der Waals surface area contributed by atoms with Crippen molar-refractivity contribution in [3.8, 4) is 0 Å². The van der Waals surface area contributed by atoms with E-state index >= 15 is 0 Å². The second-order valence-corrected chi connectivity index (χ2v) is 28.1. The van der Waals surface area contributed by atoms with E-state index in [-0.39, 0.29) is 25.7 Å². The zero-order chi connectivity index (χ0) is 65.2. The van der Waals surface area contributed by atoms with Gasteiger partial charge in [-0.15, -0.1) is 0 Å². The predicted molar refractivity (Wildman–Crippen MR) is 354 cm³/mol. The van der Waals surface area contributed by atoms with E-state index in [0.29, 0.717) is 31.6 Å². The maximum atomic E-state index is 13.0. The van der Waals surface area contributed by atoms with Gasteiger partial charge in [0.05, 0.1) is 26.4 Å². The highest BCUT2D eigenvalue weighted by molar-refractivity contribution is 7.47. The summed E-state index contributed by atoms with van der Waals surface area (Å²) in [6.45, 7) is 11.7. The van der Waals surface area contributed by atoms with Crippen molar-refractivity contribution in [2.24, 2.45) is 17.8 Å². The molecule has 0 aromatic rings. The first kappa shape index (κ1) is 85.5. The Kier molecular flexibility index (Phi) is 57.9. The Morgan fingerprint density at radius 3 is 1.01 bits per heavy atom. The van der Waals surface area contributed by atoms with Crippen molar-refractivity contribution >= 4 is 39.5 Å². The van der Waals surface area contributed by atoms with E-state index < -0.39 is 97.5 Å². The van der Waals surface area contributed by atoms with Gasteiger partial charge in [0.2, 0.25) is 0 Å². The molecule has 3 N–H and O–H groups in total. The van der Waals surface area contributed by atoms with Gasteiger partial charge in [-0.25, -0.2) is 9.13 Å². The summed E-state index contributed by atoms with van der Waals surface area (Å²) in [7, 11) is -9.91. The first-order chi connectivity index (χ1) is 42.3. The standard InChI is InChI=1S/C69H130O17P2/c1-8-11-12-13-14-15-16-17-18-19-20-25-28-38-45-52-68(73)85-64(57-80-67(72)51-44-37-32-30-35-42-49-62(7)10-3)58-83-87(75,76)81-54-63(70)55-82-88(77,78)84-59-65(86-69(74)53-46-39-31-29-33-40-47-60(4)5)56-79-66(71)50-43-36-27-24-22-21-23-26-34-41-48-61(6)9-2/h15-18,60-65,70H,8-14,19-59H2,1-7H3,(H,75,76)(H,77,78)/b16-15-,18-17-/t61?,62?,63-,64+,65+/m0/s1. The SMILES string of the molecule is CCCCCC/C=C\C=C/CCCCCCCC(=O)O[C@H](COC(=O)CCCCCCCCC(C)CC)COP(=O)(O)OC[C@H](O)COP(=O)(O)OC[C@@H](COC(=O)CCCCCCCCCCCCC(C)CC)OC(=O)CCCCCCCCC(C)C. The number of unbranched alkanes of at least 4 members (excludes halogenated alkanes) is 28. The zero-order valence-electron chi connectivity index (χ0n) is 56.7. The Hall–Kier alpha value is -2.46. The third-order valence-corrected chi connectivity index (χ3v) is 17.9. The van der Waals surface area contributed by atoms with Gasteiger partial charge >= 0.3 is 39.5 Å². The van der Waals surface area contributed by atoms with Crippen molar-refractivity contribution in [2.45, 2.75) is 336 Å². The molecule has 0 fully saturated rings. The molecule has 0 saturated carbocycles. The van der Waals surface area contributed by atoms with Crippen LogP contribution in [0.4, 0.5) is 0 Å². The number of hydrogen-bond acceptors (Lipinski definition) is 15. The molecular weight excluding hydrogens is 1160 g/mol. The Bertz CT molecular complexity index is 1830. The fraction of sp³-hybridized carbons (Fsp3) is 0.884. The van der Waals surface area contributed by atoms with Crippen LogP contribution in [0.25, 0.3) is 0 Å². The second-order valence-electron chi connectivity index (χ2n) is 25.2. The minimum atomic E-state index is -4.96. The Morgan fingerprint density at radius 1 is 0.375 bits per heavy atom. The van der Waals surface area contributed by atoms with Gasteiger partial charge < -0.3 is 33.8 Å². The van der Waals surface area contributed by atoms with Gasteiger partial charge in [-0.2, -0.15) is 0 Å². The molecule has 518 valence electrons.